The number of hydrogen-bond acceptors (Lipinski definition) is 2. The van der Waals surface area contributed by atoms with E-state index in [9.17, 15) is 0 Å². The second-order valence-electron chi connectivity index (χ2n) is 7.55. The van der Waals surface area contributed by atoms with Crippen LogP contribution in [0.3, 0.4) is 0 Å². The molecule has 0 aromatic heterocycles. The summed E-state index contributed by atoms with van der Waals surface area (Å²) in [6.07, 6.45) is 0. The Kier molecular flexibility index (Phi) is 5.12. The van der Waals surface area contributed by atoms with E-state index in [1.807, 2.05) is 0 Å². The van der Waals surface area contributed by atoms with Crippen LogP contribution in [0.15, 0.2) is 127 Å². The van der Waals surface area contributed by atoms with Gasteiger partial charge >= 0.3 is 0 Å². The third-order valence-electron chi connectivity index (χ3n) is 5.65. The molecule has 0 saturated carbocycles. The van der Waals surface area contributed by atoms with Gasteiger partial charge in [-0.25, -0.2) is 0 Å². The van der Waals surface area contributed by atoms with Crippen LogP contribution >= 0.6 is 0 Å². The van der Waals surface area contributed by atoms with Gasteiger partial charge in [-0.2, -0.15) is 0 Å². The van der Waals surface area contributed by atoms with Crippen LogP contribution in [-0.4, -0.2) is 7.05 Å². The van der Waals surface area contributed by atoms with Crippen LogP contribution in [0.1, 0.15) is 0 Å². The third-order valence-corrected chi connectivity index (χ3v) is 5.65. The summed E-state index contributed by atoms with van der Waals surface area (Å²) in [4.78, 5) is 4.58. The van der Waals surface area contributed by atoms with Crippen LogP contribution in [0.2, 0.25) is 0 Å². The first kappa shape index (κ1) is 19.0. The normalized spacial score (nSPS) is 10.7. The highest BCUT2D eigenvalue weighted by Crippen LogP contribution is 2.41. The molecule has 0 bridgehead atoms. The molecule has 5 aromatic rings. The lowest BCUT2D eigenvalue weighted by Gasteiger charge is -2.28. The van der Waals surface area contributed by atoms with Crippen molar-refractivity contribution in [3.8, 4) is 0 Å². The number of fused-ring (bicyclic) bond motifs is 1. The maximum absolute atomic E-state index is 2.33. The molecule has 0 radical (unpaired) electrons. The molecule has 150 valence electrons. The Morgan fingerprint density at radius 1 is 0.387 bits per heavy atom. The summed E-state index contributed by atoms with van der Waals surface area (Å²) in [5.41, 5.74) is 5.80. The SMILES string of the molecule is CN(c1ccccc1)c1cccc2c(N(c3ccccc3)c3ccccc3)cccc12. The Labute approximate surface area is 183 Å². The Balaban J connectivity index is 1.71. The van der Waals surface area contributed by atoms with Crippen molar-refractivity contribution in [1.29, 1.82) is 0 Å². The predicted molar refractivity (Wildman–Crippen MR) is 133 cm³/mol. The largest absolute Gasteiger partial charge is 0.344 e. The molecule has 5 rings (SSSR count). The monoisotopic (exact) mass is 400 g/mol. The Morgan fingerprint density at radius 3 is 1.32 bits per heavy atom. The van der Waals surface area contributed by atoms with E-state index < -0.39 is 0 Å². The third kappa shape index (κ3) is 3.64. The van der Waals surface area contributed by atoms with Gasteiger partial charge in [-0.05, 0) is 48.5 Å². The molecule has 0 spiro atoms. The maximum Gasteiger partial charge on any atom is 0.0540 e. The van der Waals surface area contributed by atoms with E-state index in [2.05, 4.69) is 144 Å². The second-order valence-corrected chi connectivity index (χ2v) is 7.55. The molecule has 0 N–H and O–H groups in total. The lowest BCUT2D eigenvalue weighted by Crippen LogP contribution is -2.12. The van der Waals surface area contributed by atoms with Gasteiger partial charge in [-0.1, -0.05) is 78.9 Å². The zero-order valence-electron chi connectivity index (χ0n) is 17.5. The zero-order valence-corrected chi connectivity index (χ0v) is 17.5. The van der Waals surface area contributed by atoms with E-state index in [1.54, 1.807) is 0 Å². The first-order valence-corrected chi connectivity index (χ1v) is 10.5. The van der Waals surface area contributed by atoms with Crippen molar-refractivity contribution in [3.05, 3.63) is 127 Å². The summed E-state index contributed by atoms with van der Waals surface area (Å²) in [5.74, 6) is 0. The van der Waals surface area contributed by atoms with Gasteiger partial charge in [0.2, 0.25) is 0 Å². The van der Waals surface area contributed by atoms with E-state index in [-0.39, 0.29) is 0 Å². The molecule has 5 aromatic carbocycles. The minimum absolute atomic E-state index is 1.14. The summed E-state index contributed by atoms with van der Waals surface area (Å²) in [7, 11) is 2.13. The van der Waals surface area contributed by atoms with Crippen molar-refractivity contribution in [2.75, 3.05) is 16.8 Å². The first-order chi connectivity index (χ1) is 15.3. The van der Waals surface area contributed by atoms with Crippen molar-refractivity contribution in [3.63, 3.8) is 0 Å². The van der Waals surface area contributed by atoms with E-state index in [0.717, 1.165) is 11.4 Å². The molecule has 0 fully saturated rings. The average molecular weight is 401 g/mol. The smallest absolute Gasteiger partial charge is 0.0540 e. The maximum atomic E-state index is 2.33. The molecule has 0 saturated heterocycles. The molecule has 0 aliphatic heterocycles. The molecule has 0 heterocycles. The van der Waals surface area contributed by atoms with Crippen molar-refractivity contribution >= 4 is 39.2 Å². The highest BCUT2D eigenvalue weighted by molar-refractivity contribution is 6.05. The highest BCUT2D eigenvalue weighted by Gasteiger charge is 2.16. The zero-order chi connectivity index (χ0) is 21.0. The van der Waals surface area contributed by atoms with Crippen LogP contribution in [0.5, 0.6) is 0 Å². The summed E-state index contributed by atoms with van der Waals surface area (Å²) < 4.78 is 0. The van der Waals surface area contributed by atoms with Gasteiger partial charge in [0.25, 0.3) is 0 Å². The van der Waals surface area contributed by atoms with E-state index in [0.29, 0.717) is 0 Å². The van der Waals surface area contributed by atoms with E-state index in [1.165, 1.54) is 27.8 Å². The van der Waals surface area contributed by atoms with Gasteiger partial charge in [-0.3, -0.25) is 0 Å². The summed E-state index contributed by atoms with van der Waals surface area (Å²) in [6.45, 7) is 0. The molecule has 0 aliphatic carbocycles. The quantitative estimate of drug-likeness (QED) is 0.294. The van der Waals surface area contributed by atoms with Gasteiger partial charge in [0.15, 0.2) is 0 Å². The number of para-hydroxylation sites is 3. The lowest BCUT2D eigenvalue weighted by atomic mass is 10.0. The van der Waals surface area contributed by atoms with Crippen LogP contribution in [-0.2, 0) is 0 Å². The van der Waals surface area contributed by atoms with E-state index in [4.69, 9.17) is 0 Å². The standard InChI is InChI=1S/C29H24N2/c1-30(23-13-5-2-6-14-23)28-21-11-20-27-26(28)19-12-22-29(27)31(24-15-7-3-8-16-24)25-17-9-4-10-18-25/h2-22H,1H3. The summed E-state index contributed by atoms with van der Waals surface area (Å²) in [5, 5.41) is 2.44. The number of anilines is 5. The number of hydrogen-bond donors (Lipinski definition) is 0. The molecule has 0 amide bonds. The van der Waals surface area contributed by atoms with Gasteiger partial charge in [-0.15, -0.1) is 0 Å². The number of rotatable bonds is 5. The van der Waals surface area contributed by atoms with Crippen molar-refractivity contribution < 1.29 is 0 Å². The van der Waals surface area contributed by atoms with Gasteiger partial charge in [0.1, 0.15) is 0 Å². The lowest BCUT2D eigenvalue weighted by molar-refractivity contribution is 1.22. The molecule has 2 nitrogen and oxygen atoms in total. The van der Waals surface area contributed by atoms with Crippen molar-refractivity contribution in [1.82, 2.24) is 0 Å². The van der Waals surface area contributed by atoms with Gasteiger partial charge in [0.05, 0.1) is 5.69 Å². The first-order valence-electron chi connectivity index (χ1n) is 10.5. The summed E-state index contributed by atoms with van der Waals surface area (Å²) >= 11 is 0. The second kappa shape index (κ2) is 8.37. The highest BCUT2D eigenvalue weighted by atomic mass is 15.1. The fraction of sp³-hybridized carbons (Fsp3) is 0.0345. The van der Waals surface area contributed by atoms with Crippen molar-refractivity contribution in [2.24, 2.45) is 0 Å². The van der Waals surface area contributed by atoms with Crippen LogP contribution in [0.4, 0.5) is 28.4 Å². The van der Waals surface area contributed by atoms with E-state index >= 15 is 0 Å². The van der Waals surface area contributed by atoms with Crippen LogP contribution in [0, 0.1) is 0 Å². The summed E-state index contributed by atoms with van der Waals surface area (Å²) in [6, 6.07) is 44.7. The minimum Gasteiger partial charge on any atom is -0.344 e. The number of benzene rings is 5. The Bertz CT molecular complexity index is 1240. The number of nitrogens with zero attached hydrogens (tertiary/aromatic N) is 2. The molecular weight excluding hydrogens is 376 g/mol. The molecule has 31 heavy (non-hydrogen) atoms. The molecule has 0 atom stereocenters. The fourth-order valence-electron chi connectivity index (χ4n) is 4.14. The topological polar surface area (TPSA) is 6.48 Å². The molecule has 2 heteroatoms. The fourth-order valence-corrected chi connectivity index (χ4v) is 4.14. The molecular formula is C29H24N2. The van der Waals surface area contributed by atoms with Gasteiger partial charge in [0, 0.05) is 40.6 Å². The van der Waals surface area contributed by atoms with Crippen LogP contribution in [0.25, 0.3) is 10.8 Å². The van der Waals surface area contributed by atoms with Crippen LogP contribution < -0.4 is 9.80 Å². The minimum atomic E-state index is 1.14. The van der Waals surface area contributed by atoms with Gasteiger partial charge < -0.3 is 9.80 Å². The molecule has 0 unspecified atom stereocenters. The predicted octanol–water partition coefficient (Wildman–Crippen LogP) is 8.08. The Morgan fingerprint density at radius 2 is 0.806 bits per heavy atom. The average Bonchev–Trinajstić information content (AvgIpc) is 2.85. The van der Waals surface area contributed by atoms with Crippen molar-refractivity contribution in [2.45, 2.75) is 0 Å². The molecule has 0 aliphatic rings. The Hall–Kier alpha value is -4.04.